The number of hydrogen-bond donors (Lipinski definition) is 1. The Kier molecular flexibility index (Phi) is 4.01. The summed E-state index contributed by atoms with van der Waals surface area (Å²) in [6.07, 6.45) is 3.71. The fourth-order valence-corrected chi connectivity index (χ4v) is 2.96. The summed E-state index contributed by atoms with van der Waals surface area (Å²) in [7, 11) is -1.64. The zero-order chi connectivity index (χ0) is 11.7. The van der Waals surface area contributed by atoms with Gasteiger partial charge in [-0.3, -0.25) is 0 Å². The second kappa shape index (κ2) is 4.56. The lowest BCUT2D eigenvalue weighted by atomic mass is 10.2. The number of aliphatic hydroxyl groups is 1. The Hall–Kier alpha value is 0.137. The molecular formula is C12H26O2Si. The second-order valence-electron chi connectivity index (χ2n) is 6.27. The minimum Gasteiger partial charge on any atom is -0.414 e. The molecule has 1 rings (SSSR count). The highest BCUT2D eigenvalue weighted by atomic mass is 28.4. The Morgan fingerprint density at radius 2 is 1.87 bits per heavy atom. The fraction of sp³-hybridized carbons (Fsp3) is 1.00. The van der Waals surface area contributed by atoms with Crippen LogP contribution in [-0.2, 0) is 4.43 Å². The van der Waals surface area contributed by atoms with Crippen molar-refractivity contribution in [1.29, 1.82) is 0 Å². The van der Waals surface area contributed by atoms with Crippen LogP contribution >= 0.6 is 0 Å². The smallest absolute Gasteiger partial charge is 0.192 e. The first kappa shape index (κ1) is 13.2. The molecule has 0 bridgehead atoms. The van der Waals surface area contributed by atoms with Crippen LogP contribution in [0, 0.1) is 5.92 Å². The molecule has 0 saturated heterocycles. The van der Waals surface area contributed by atoms with Gasteiger partial charge in [0, 0.05) is 6.61 Å². The Bertz CT molecular complexity index is 204. The lowest BCUT2D eigenvalue weighted by molar-refractivity contribution is 0.121. The van der Waals surface area contributed by atoms with Crippen LogP contribution in [0.25, 0.3) is 0 Å². The molecule has 0 heterocycles. The number of rotatable bonds is 5. The van der Waals surface area contributed by atoms with Gasteiger partial charge in [-0.25, -0.2) is 0 Å². The van der Waals surface area contributed by atoms with Crippen LogP contribution in [-0.4, -0.2) is 26.1 Å². The van der Waals surface area contributed by atoms with E-state index in [2.05, 4.69) is 33.9 Å². The average Bonchev–Trinajstić information content (AvgIpc) is 2.82. The molecule has 0 aromatic heterocycles. The van der Waals surface area contributed by atoms with Crippen molar-refractivity contribution in [1.82, 2.24) is 0 Å². The van der Waals surface area contributed by atoms with E-state index in [1.165, 1.54) is 12.8 Å². The largest absolute Gasteiger partial charge is 0.414 e. The molecule has 1 unspecified atom stereocenters. The third kappa shape index (κ3) is 3.57. The van der Waals surface area contributed by atoms with Gasteiger partial charge >= 0.3 is 0 Å². The molecule has 1 N–H and O–H groups in total. The normalized spacial score (nSPS) is 20.4. The van der Waals surface area contributed by atoms with Crippen molar-refractivity contribution in [2.75, 3.05) is 6.61 Å². The van der Waals surface area contributed by atoms with Crippen molar-refractivity contribution in [2.45, 2.75) is 64.3 Å². The Labute approximate surface area is 95.2 Å². The predicted molar refractivity (Wildman–Crippen MR) is 66.5 cm³/mol. The van der Waals surface area contributed by atoms with Gasteiger partial charge < -0.3 is 9.53 Å². The first-order chi connectivity index (χ1) is 6.78. The van der Waals surface area contributed by atoms with Gasteiger partial charge in [0.15, 0.2) is 8.32 Å². The van der Waals surface area contributed by atoms with Crippen LogP contribution in [0.15, 0.2) is 0 Å². The molecule has 0 aliphatic heterocycles. The van der Waals surface area contributed by atoms with E-state index in [0.717, 1.165) is 12.3 Å². The van der Waals surface area contributed by atoms with E-state index >= 15 is 0 Å². The lowest BCUT2D eigenvalue weighted by Gasteiger charge is -2.39. The Balaban J connectivity index is 2.56. The maximum atomic E-state index is 9.05. The molecule has 1 fully saturated rings. The van der Waals surface area contributed by atoms with Crippen LogP contribution in [0.3, 0.4) is 0 Å². The van der Waals surface area contributed by atoms with Crippen LogP contribution in [0.5, 0.6) is 0 Å². The summed E-state index contributed by atoms with van der Waals surface area (Å²) in [4.78, 5) is 0. The summed E-state index contributed by atoms with van der Waals surface area (Å²) in [6, 6.07) is 0. The van der Waals surface area contributed by atoms with Gasteiger partial charge in [0.25, 0.3) is 0 Å². The molecule has 0 aromatic carbocycles. The highest BCUT2D eigenvalue weighted by molar-refractivity contribution is 6.74. The van der Waals surface area contributed by atoms with E-state index < -0.39 is 8.32 Å². The molecule has 0 spiro atoms. The molecule has 0 aromatic rings. The monoisotopic (exact) mass is 230 g/mol. The van der Waals surface area contributed by atoms with Crippen LogP contribution < -0.4 is 0 Å². The molecular weight excluding hydrogens is 204 g/mol. The van der Waals surface area contributed by atoms with Crippen molar-refractivity contribution in [2.24, 2.45) is 5.92 Å². The average molecular weight is 230 g/mol. The van der Waals surface area contributed by atoms with Gasteiger partial charge in [-0.15, -0.1) is 0 Å². The van der Waals surface area contributed by atoms with Crippen molar-refractivity contribution >= 4 is 8.32 Å². The van der Waals surface area contributed by atoms with Gasteiger partial charge in [-0.05, 0) is 43.3 Å². The standard InChI is InChI=1S/C12H26O2Si/c1-12(2,3)15(4,5)14-11(8-9-13)10-6-7-10/h10-11,13H,6-9H2,1-5H3. The first-order valence-electron chi connectivity index (χ1n) is 6.06. The van der Waals surface area contributed by atoms with Crippen molar-refractivity contribution in [3.05, 3.63) is 0 Å². The molecule has 3 heteroatoms. The number of hydrogen-bond acceptors (Lipinski definition) is 2. The van der Waals surface area contributed by atoms with Gasteiger partial charge in [-0.1, -0.05) is 20.8 Å². The van der Waals surface area contributed by atoms with Crippen molar-refractivity contribution in [3.63, 3.8) is 0 Å². The molecule has 0 amide bonds. The lowest BCUT2D eigenvalue weighted by Crippen LogP contribution is -2.44. The van der Waals surface area contributed by atoms with E-state index in [0.29, 0.717) is 6.10 Å². The third-order valence-corrected chi connectivity index (χ3v) is 8.32. The summed E-state index contributed by atoms with van der Waals surface area (Å²) < 4.78 is 6.35. The molecule has 2 nitrogen and oxygen atoms in total. The maximum Gasteiger partial charge on any atom is 0.192 e. The summed E-state index contributed by atoms with van der Waals surface area (Å²) >= 11 is 0. The Morgan fingerprint density at radius 3 is 2.20 bits per heavy atom. The van der Waals surface area contributed by atoms with Crippen molar-refractivity contribution < 1.29 is 9.53 Å². The van der Waals surface area contributed by atoms with Gasteiger partial charge in [0.05, 0.1) is 6.10 Å². The van der Waals surface area contributed by atoms with Gasteiger partial charge in [-0.2, -0.15) is 0 Å². The highest BCUT2D eigenvalue weighted by Crippen LogP contribution is 2.42. The van der Waals surface area contributed by atoms with Crippen LogP contribution in [0.4, 0.5) is 0 Å². The Morgan fingerprint density at radius 1 is 1.33 bits per heavy atom. The fourth-order valence-electron chi connectivity index (χ4n) is 1.54. The molecule has 1 aliphatic carbocycles. The van der Waals surface area contributed by atoms with E-state index in [9.17, 15) is 0 Å². The molecule has 15 heavy (non-hydrogen) atoms. The van der Waals surface area contributed by atoms with Crippen LogP contribution in [0.2, 0.25) is 18.1 Å². The second-order valence-corrected chi connectivity index (χ2v) is 11.0. The highest BCUT2D eigenvalue weighted by Gasteiger charge is 2.42. The van der Waals surface area contributed by atoms with Crippen LogP contribution in [0.1, 0.15) is 40.0 Å². The van der Waals surface area contributed by atoms with E-state index in [-0.39, 0.29) is 11.6 Å². The topological polar surface area (TPSA) is 29.5 Å². The minimum absolute atomic E-state index is 0.260. The SMILES string of the molecule is CC(C)(C)[Si](C)(C)OC(CCO)C1CC1. The van der Waals surface area contributed by atoms with Crippen molar-refractivity contribution in [3.8, 4) is 0 Å². The van der Waals surface area contributed by atoms with E-state index in [1.54, 1.807) is 0 Å². The molecule has 1 saturated carbocycles. The van der Waals surface area contributed by atoms with E-state index in [4.69, 9.17) is 9.53 Å². The predicted octanol–water partition coefficient (Wildman–Crippen LogP) is 3.17. The molecule has 1 atom stereocenters. The number of aliphatic hydroxyl groups excluding tert-OH is 1. The summed E-state index contributed by atoms with van der Waals surface area (Å²) in [5.41, 5.74) is 0. The third-order valence-electron chi connectivity index (χ3n) is 3.81. The first-order valence-corrected chi connectivity index (χ1v) is 8.97. The van der Waals surface area contributed by atoms with Gasteiger partial charge in [0.2, 0.25) is 0 Å². The summed E-state index contributed by atoms with van der Waals surface area (Å²) in [6.45, 7) is 11.6. The van der Waals surface area contributed by atoms with Gasteiger partial charge in [0.1, 0.15) is 0 Å². The molecule has 0 radical (unpaired) electrons. The zero-order valence-electron chi connectivity index (χ0n) is 10.8. The molecule has 1 aliphatic rings. The molecule has 90 valence electrons. The zero-order valence-corrected chi connectivity index (χ0v) is 11.8. The maximum absolute atomic E-state index is 9.05. The van der Waals surface area contributed by atoms with E-state index in [1.807, 2.05) is 0 Å². The summed E-state index contributed by atoms with van der Waals surface area (Å²) in [5, 5.41) is 9.32. The quantitative estimate of drug-likeness (QED) is 0.735. The summed E-state index contributed by atoms with van der Waals surface area (Å²) in [5.74, 6) is 0.728. The minimum atomic E-state index is -1.64.